The predicted molar refractivity (Wildman–Crippen MR) is 115 cm³/mol. The minimum atomic E-state index is -0.514. The van der Waals surface area contributed by atoms with Crippen molar-refractivity contribution in [1.29, 1.82) is 0 Å². The second-order valence-electron chi connectivity index (χ2n) is 5.70. The molecule has 1 N–H and O–H groups in total. The van der Waals surface area contributed by atoms with E-state index in [0.717, 1.165) is 5.56 Å². The van der Waals surface area contributed by atoms with Crippen LogP contribution in [0.3, 0.4) is 0 Å². The molecule has 1 heterocycles. The van der Waals surface area contributed by atoms with Gasteiger partial charge in [-0.2, -0.15) is 0 Å². The molecule has 3 aromatic rings. The normalized spacial score (nSPS) is 10.8. The molecule has 142 valence electrons. The number of nitrogens with one attached hydrogen (secondary N) is 1. The first-order chi connectivity index (χ1) is 13.5. The van der Waals surface area contributed by atoms with Crippen molar-refractivity contribution < 1.29 is 14.3 Å². The lowest BCUT2D eigenvalue weighted by molar-refractivity contribution is -0.111. The summed E-state index contributed by atoms with van der Waals surface area (Å²) in [5.74, 6) is -0.905. The number of methoxy groups -OCH3 is 1. The van der Waals surface area contributed by atoms with Gasteiger partial charge in [0.2, 0.25) is 5.91 Å². The van der Waals surface area contributed by atoms with E-state index < -0.39 is 11.9 Å². The van der Waals surface area contributed by atoms with Crippen LogP contribution in [0.5, 0.6) is 0 Å². The maximum absolute atomic E-state index is 12.4. The second-order valence-corrected chi connectivity index (χ2v) is 7.42. The van der Waals surface area contributed by atoms with Crippen molar-refractivity contribution in [1.82, 2.24) is 0 Å². The lowest BCUT2D eigenvalue weighted by atomic mass is 10.0. The van der Waals surface area contributed by atoms with E-state index in [4.69, 9.17) is 27.9 Å². The van der Waals surface area contributed by atoms with Crippen LogP contribution in [0.2, 0.25) is 10.0 Å². The average Bonchev–Trinajstić information content (AvgIpc) is 3.10. The summed E-state index contributed by atoms with van der Waals surface area (Å²) < 4.78 is 4.90. The fourth-order valence-corrected chi connectivity index (χ4v) is 3.97. The van der Waals surface area contributed by atoms with E-state index in [0.29, 0.717) is 31.7 Å². The van der Waals surface area contributed by atoms with Crippen LogP contribution in [0.25, 0.3) is 17.2 Å². The first kappa shape index (κ1) is 20.1. The molecule has 0 fully saturated rings. The van der Waals surface area contributed by atoms with E-state index in [1.165, 1.54) is 24.5 Å². The molecule has 7 heteroatoms. The maximum atomic E-state index is 12.4. The SMILES string of the molecule is COC(=O)c1c(-c2ccccc2)csc1NC(=O)C=Cc1ccc(Cl)cc1Cl. The lowest BCUT2D eigenvalue weighted by Crippen LogP contribution is -2.11. The second kappa shape index (κ2) is 9.06. The molecule has 0 spiro atoms. The quantitative estimate of drug-likeness (QED) is 0.388. The number of carbonyl (C=O) groups is 2. The highest BCUT2D eigenvalue weighted by Crippen LogP contribution is 2.36. The number of rotatable bonds is 5. The summed E-state index contributed by atoms with van der Waals surface area (Å²) in [5, 5.41) is 5.93. The summed E-state index contributed by atoms with van der Waals surface area (Å²) in [6, 6.07) is 14.4. The van der Waals surface area contributed by atoms with Crippen LogP contribution in [0.15, 0.2) is 60.0 Å². The van der Waals surface area contributed by atoms with Crippen molar-refractivity contribution in [2.45, 2.75) is 0 Å². The van der Waals surface area contributed by atoms with Crippen LogP contribution in [0.1, 0.15) is 15.9 Å². The van der Waals surface area contributed by atoms with Crippen molar-refractivity contribution in [3.8, 4) is 11.1 Å². The number of hydrogen-bond donors (Lipinski definition) is 1. The molecule has 0 aliphatic rings. The highest BCUT2D eigenvalue weighted by atomic mass is 35.5. The van der Waals surface area contributed by atoms with Gasteiger partial charge >= 0.3 is 5.97 Å². The topological polar surface area (TPSA) is 55.4 Å². The Balaban J connectivity index is 1.85. The summed E-state index contributed by atoms with van der Waals surface area (Å²) in [6.45, 7) is 0. The molecule has 4 nitrogen and oxygen atoms in total. The zero-order valence-corrected chi connectivity index (χ0v) is 17.1. The average molecular weight is 432 g/mol. The standard InChI is InChI=1S/C21H15Cl2NO3S/c1-27-21(26)19-16(13-5-3-2-4-6-13)12-28-20(19)24-18(25)10-8-14-7-9-15(22)11-17(14)23/h2-12H,1H3,(H,24,25). The number of thiophene rings is 1. The molecule has 1 aromatic heterocycles. The van der Waals surface area contributed by atoms with Crippen molar-refractivity contribution in [3.05, 3.63) is 81.2 Å². The number of hydrogen-bond acceptors (Lipinski definition) is 4. The van der Waals surface area contributed by atoms with Gasteiger partial charge in [-0.05, 0) is 29.3 Å². The number of anilines is 1. The van der Waals surface area contributed by atoms with E-state index in [9.17, 15) is 9.59 Å². The van der Waals surface area contributed by atoms with Gasteiger partial charge in [-0.15, -0.1) is 11.3 Å². The van der Waals surface area contributed by atoms with Gasteiger partial charge in [0.1, 0.15) is 10.6 Å². The van der Waals surface area contributed by atoms with Crippen LogP contribution < -0.4 is 5.32 Å². The molecule has 0 saturated carbocycles. The minimum Gasteiger partial charge on any atom is -0.465 e. The Morgan fingerprint density at radius 1 is 1.11 bits per heavy atom. The Morgan fingerprint density at radius 2 is 1.86 bits per heavy atom. The van der Waals surface area contributed by atoms with Gasteiger partial charge in [-0.3, -0.25) is 4.79 Å². The first-order valence-electron chi connectivity index (χ1n) is 8.19. The fraction of sp³-hybridized carbons (Fsp3) is 0.0476. The summed E-state index contributed by atoms with van der Waals surface area (Å²) in [6.07, 6.45) is 2.93. The zero-order valence-electron chi connectivity index (χ0n) is 14.7. The van der Waals surface area contributed by atoms with Gasteiger partial charge in [-0.1, -0.05) is 59.6 Å². The number of ether oxygens (including phenoxy) is 1. The molecule has 0 aliphatic carbocycles. The third kappa shape index (κ3) is 4.62. The number of esters is 1. The highest BCUT2D eigenvalue weighted by molar-refractivity contribution is 7.15. The Hall–Kier alpha value is -2.60. The zero-order chi connectivity index (χ0) is 20.1. The van der Waals surface area contributed by atoms with Gasteiger partial charge in [0.05, 0.1) is 7.11 Å². The largest absolute Gasteiger partial charge is 0.465 e. The molecule has 0 atom stereocenters. The Kier molecular flexibility index (Phi) is 6.52. The summed E-state index contributed by atoms with van der Waals surface area (Å²) in [4.78, 5) is 24.7. The van der Waals surface area contributed by atoms with Gasteiger partial charge in [0, 0.05) is 27.1 Å². The van der Waals surface area contributed by atoms with Crippen LogP contribution in [0.4, 0.5) is 5.00 Å². The van der Waals surface area contributed by atoms with Gasteiger partial charge in [0.25, 0.3) is 0 Å². The van der Waals surface area contributed by atoms with Crippen molar-refractivity contribution in [2.24, 2.45) is 0 Å². The van der Waals surface area contributed by atoms with Crippen LogP contribution in [-0.2, 0) is 9.53 Å². The molecule has 2 aromatic carbocycles. The van der Waals surface area contributed by atoms with Crippen molar-refractivity contribution in [3.63, 3.8) is 0 Å². The summed E-state index contributed by atoms with van der Waals surface area (Å²) in [7, 11) is 1.31. The molecule has 3 rings (SSSR count). The van der Waals surface area contributed by atoms with Crippen molar-refractivity contribution in [2.75, 3.05) is 12.4 Å². The Morgan fingerprint density at radius 3 is 2.54 bits per heavy atom. The molecule has 28 heavy (non-hydrogen) atoms. The van der Waals surface area contributed by atoms with Gasteiger partial charge in [-0.25, -0.2) is 4.79 Å². The van der Waals surface area contributed by atoms with E-state index in [2.05, 4.69) is 5.32 Å². The molecule has 0 unspecified atom stereocenters. The monoisotopic (exact) mass is 431 g/mol. The van der Waals surface area contributed by atoms with Crippen LogP contribution in [-0.4, -0.2) is 19.0 Å². The molecular weight excluding hydrogens is 417 g/mol. The summed E-state index contributed by atoms with van der Waals surface area (Å²) in [5.41, 5.74) is 2.55. The predicted octanol–water partition coefficient (Wildman–Crippen LogP) is 6.16. The van der Waals surface area contributed by atoms with Crippen LogP contribution in [0, 0.1) is 0 Å². The number of carbonyl (C=O) groups excluding carboxylic acids is 2. The first-order valence-corrected chi connectivity index (χ1v) is 9.82. The number of halogens is 2. The minimum absolute atomic E-state index is 0.324. The van der Waals surface area contributed by atoms with E-state index in [-0.39, 0.29) is 0 Å². The van der Waals surface area contributed by atoms with Gasteiger partial charge in [0.15, 0.2) is 0 Å². The molecule has 0 bridgehead atoms. The molecule has 1 amide bonds. The summed E-state index contributed by atoms with van der Waals surface area (Å²) >= 11 is 13.2. The molecule has 0 aliphatic heterocycles. The van der Waals surface area contributed by atoms with Crippen LogP contribution >= 0.6 is 34.5 Å². The number of amides is 1. The van der Waals surface area contributed by atoms with E-state index in [1.807, 2.05) is 35.7 Å². The van der Waals surface area contributed by atoms with Crippen molar-refractivity contribution >= 4 is 57.5 Å². The molecular formula is C21H15Cl2NO3S. The maximum Gasteiger partial charge on any atom is 0.341 e. The molecule has 0 saturated heterocycles. The number of benzene rings is 2. The third-order valence-electron chi connectivity index (χ3n) is 3.88. The molecule has 0 radical (unpaired) electrons. The smallest absolute Gasteiger partial charge is 0.341 e. The van der Waals surface area contributed by atoms with Gasteiger partial charge < -0.3 is 10.1 Å². The lowest BCUT2D eigenvalue weighted by Gasteiger charge is -2.06. The highest BCUT2D eigenvalue weighted by Gasteiger charge is 2.21. The van der Waals surface area contributed by atoms with E-state index in [1.54, 1.807) is 24.3 Å². The Bertz CT molecular complexity index is 1050. The Labute approximate surface area is 176 Å². The fourth-order valence-electron chi connectivity index (χ4n) is 2.54. The third-order valence-corrected chi connectivity index (χ3v) is 5.34. The van der Waals surface area contributed by atoms with E-state index >= 15 is 0 Å².